The first-order chi connectivity index (χ1) is 11.5. The van der Waals surface area contributed by atoms with Crippen molar-refractivity contribution >= 4 is 10.0 Å². The third-order valence-corrected chi connectivity index (χ3v) is 6.86. The second-order valence-electron chi connectivity index (χ2n) is 6.67. The van der Waals surface area contributed by atoms with Gasteiger partial charge in [-0.3, -0.25) is 4.90 Å². The molecule has 24 heavy (non-hydrogen) atoms. The third-order valence-electron chi connectivity index (χ3n) is 4.96. The van der Waals surface area contributed by atoms with Crippen LogP contribution >= 0.6 is 0 Å². The van der Waals surface area contributed by atoms with Gasteiger partial charge in [0.25, 0.3) is 0 Å². The fourth-order valence-electron chi connectivity index (χ4n) is 3.41. The van der Waals surface area contributed by atoms with Gasteiger partial charge >= 0.3 is 0 Å². The molecule has 0 spiro atoms. The van der Waals surface area contributed by atoms with Crippen molar-refractivity contribution in [2.45, 2.75) is 24.7 Å². The van der Waals surface area contributed by atoms with E-state index in [0.29, 0.717) is 24.6 Å². The highest BCUT2D eigenvalue weighted by Crippen LogP contribution is 2.25. The number of morpholine rings is 1. The van der Waals surface area contributed by atoms with E-state index in [1.165, 1.54) is 22.5 Å². The number of hydrogen-bond donors (Lipinski definition) is 0. The minimum atomic E-state index is -3.52. The van der Waals surface area contributed by atoms with Crippen molar-refractivity contribution in [3.8, 4) is 0 Å². The largest absolute Gasteiger partial charge is 0.379 e. The molecule has 0 radical (unpaired) electrons. The Balaban J connectivity index is 1.59. The molecule has 0 N–H and O–H groups in total. The number of hydrogen-bond acceptors (Lipinski definition) is 4. The Morgan fingerprint density at radius 3 is 2.46 bits per heavy atom. The molecule has 0 atom stereocenters. The van der Waals surface area contributed by atoms with Gasteiger partial charge in [0.2, 0.25) is 10.0 Å². The molecule has 2 aliphatic rings. The van der Waals surface area contributed by atoms with Crippen molar-refractivity contribution in [1.29, 1.82) is 0 Å². The molecule has 0 saturated carbocycles. The molecule has 0 unspecified atom stereocenters. The number of ether oxygens (including phenoxy) is 1. The van der Waals surface area contributed by atoms with E-state index >= 15 is 0 Å². The number of rotatable bonds is 4. The number of halogens is 1. The van der Waals surface area contributed by atoms with Gasteiger partial charge in [-0.2, -0.15) is 4.31 Å². The van der Waals surface area contributed by atoms with Crippen LogP contribution in [0.2, 0.25) is 0 Å². The second kappa shape index (κ2) is 7.47. The van der Waals surface area contributed by atoms with Crippen LogP contribution in [-0.4, -0.2) is 63.6 Å². The zero-order valence-corrected chi connectivity index (χ0v) is 14.9. The average Bonchev–Trinajstić information content (AvgIpc) is 2.58. The van der Waals surface area contributed by atoms with Crippen molar-refractivity contribution in [2.24, 2.45) is 5.92 Å². The Morgan fingerprint density at radius 1 is 1.17 bits per heavy atom. The number of sulfonamides is 1. The summed E-state index contributed by atoms with van der Waals surface area (Å²) in [6.45, 7) is 7.19. The summed E-state index contributed by atoms with van der Waals surface area (Å²) in [5, 5.41) is 0. The highest BCUT2D eigenvalue weighted by atomic mass is 32.2. The van der Waals surface area contributed by atoms with Crippen LogP contribution < -0.4 is 0 Å². The molecular weight excluding hydrogens is 331 g/mol. The van der Waals surface area contributed by atoms with Crippen LogP contribution in [0.15, 0.2) is 23.1 Å². The molecule has 5 nitrogen and oxygen atoms in total. The summed E-state index contributed by atoms with van der Waals surface area (Å²) < 4.78 is 45.7. The van der Waals surface area contributed by atoms with Crippen LogP contribution in [0.3, 0.4) is 0 Å². The van der Waals surface area contributed by atoms with Crippen LogP contribution in [0.5, 0.6) is 0 Å². The Bertz CT molecular complexity index is 666. The second-order valence-corrected chi connectivity index (χ2v) is 8.61. The first-order valence-electron chi connectivity index (χ1n) is 8.53. The smallest absolute Gasteiger partial charge is 0.243 e. The molecule has 2 heterocycles. The van der Waals surface area contributed by atoms with Gasteiger partial charge in [-0.25, -0.2) is 12.8 Å². The van der Waals surface area contributed by atoms with Gasteiger partial charge in [0.1, 0.15) is 5.82 Å². The summed E-state index contributed by atoms with van der Waals surface area (Å²) in [5.74, 6) is 0.155. The number of aryl methyl sites for hydroxylation is 1. The summed E-state index contributed by atoms with van der Waals surface area (Å²) in [6, 6.07) is 4.01. The molecule has 3 rings (SSSR count). The fraction of sp³-hybridized carbons (Fsp3) is 0.647. The van der Waals surface area contributed by atoms with Gasteiger partial charge in [-0.15, -0.1) is 0 Å². The van der Waals surface area contributed by atoms with E-state index in [4.69, 9.17) is 4.74 Å². The Kier molecular flexibility index (Phi) is 5.54. The minimum absolute atomic E-state index is 0.188. The van der Waals surface area contributed by atoms with E-state index < -0.39 is 10.0 Å². The van der Waals surface area contributed by atoms with Gasteiger partial charge in [-0.05, 0) is 49.4 Å². The standard InChI is InChI=1S/C17H25FN2O3S/c1-14-12-16(2-3-17(14)18)24(21,22)20-6-4-15(5-7-20)13-19-8-10-23-11-9-19/h2-3,12,15H,4-11,13H2,1H3. The topological polar surface area (TPSA) is 49.9 Å². The van der Waals surface area contributed by atoms with Crippen LogP contribution in [-0.2, 0) is 14.8 Å². The zero-order chi connectivity index (χ0) is 17.2. The lowest BCUT2D eigenvalue weighted by Crippen LogP contribution is -2.44. The van der Waals surface area contributed by atoms with Crippen molar-refractivity contribution in [3.05, 3.63) is 29.6 Å². The van der Waals surface area contributed by atoms with Crippen molar-refractivity contribution in [1.82, 2.24) is 9.21 Å². The van der Waals surface area contributed by atoms with E-state index in [1.807, 2.05) is 0 Å². The van der Waals surface area contributed by atoms with Crippen LogP contribution in [0.1, 0.15) is 18.4 Å². The highest BCUT2D eigenvalue weighted by Gasteiger charge is 2.30. The van der Waals surface area contributed by atoms with Crippen LogP contribution in [0.25, 0.3) is 0 Å². The molecule has 0 bridgehead atoms. The van der Waals surface area contributed by atoms with E-state index in [0.717, 1.165) is 45.7 Å². The van der Waals surface area contributed by atoms with E-state index in [1.54, 1.807) is 6.92 Å². The predicted molar refractivity (Wildman–Crippen MR) is 89.9 cm³/mol. The van der Waals surface area contributed by atoms with Gasteiger partial charge in [0.05, 0.1) is 18.1 Å². The molecule has 7 heteroatoms. The van der Waals surface area contributed by atoms with Crippen LogP contribution in [0, 0.1) is 18.7 Å². The van der Waals surface area contributed by atoms with Gasteiger partial charge in [-0.1, -0.05) is 0 Å². The molecule has 0 amide bonds. The molecule has 2 fully saturated rings. The van der Waals surface area contributed by atoms with Gasteiger partial charge < -0.3 is 4.74 Å². The quantitative estimate of drug-likeness (QED) is 0.826. The Labute approximate surface area is 143 Å². The van der Waals surface area contributed by atoms with Crippen molar-refractivity contribution < 1.29 is 17.5 Å². The minimum Gasteiger partial charge on any atom is -0.379 e. The summed E-state index contributed by atoms with van der Waals surface area (Å²) in [7, 11) is -3.52. The molecule has 0 aromatic heterocycles. The number of benzene rings is 1. The maximum atomic E-state index is 13.4. The van der Waals surface area contributed by atoms with Crippen molar-refractivity contribution in [2.75, 3.05) is 45.9 Å². The van der Waals surface area contributed by atoms with E-state index in [2.05, 4.69) is 4.90 Å². The SMILES string of the molecule is Cc1cc(S(=O)(=O)N2CCC(CN3CCOCC3)CC2)ccc1F. The molecule has 0 aliphatic carbocycles. The molecule has 2 saturated heterocycles. The van der Waals surface area contributed by atoms with Gasteiger partial charge in [0.15, 0.2) is 0 Å². The van der Waals surface area contributed by atoms with E-state index in [9.17, 15) is 12.8 Å². The summed E-state index contributed by atoms with van der Waals surface area (Å²) >= 11 is 0. The molecular formula is C17H25FN2O3S. The lowest BCUT2D eigenvalue weighted by atomic mass is 9.97. The summed E-state index contributed by atoms with van der Waals surface area (Å²) in [4.78, 5) is 2.59. The summed E-state index contributed by atoms with van der Waals surface area (Å²) in [5.41, 5.74) is 0.360. The Morgan fingerprint density at radius 2 is 1.83 bits per heavy atom. The lowest BCUT2D eigenvalue weighted by Gasteiger charge is -2.35. The maximum absolute atomic E-state index is 13.4. The average molecular weight is 356 g/mol. The molecule has 134 valence electrons. The highest BCUT2D eigenvalue weighted by molar-refractivity contribution is 7.89. The first-order valence-corrected chi connectivity index (χ1v) is 9.97. The first kappa shape index (κ1) is 17.8. The van der Waals surface area contributed by atoms with Crippen molar-refractivity contribution in [3.63, 3.8) is 0 Å². The predicted octanol–water partition coefficient (Wildman–Crippen LogP) is 1.87. The number of nitrogens with zero attached hydrogens (tertiary/aromatic N) is 2. The molecule has 1 aromatic rings. The normalized spacial score (nSPS) is 21.9. The van der Waals surface area contributed by atoms with Gasteiger partial charge in [0, 0.05) is 32.7 Å². The molecule has 2 aliphatic heterocycles. The third kappa shape index (κ3) is 3.96. The summed E-state index contributed by atoms with van der Waals surface area (Å²) in [6.07, 6.45) is 1.74. The van der Waals surface area contributed by atoms with E-state index in [-0.39, 0.29) is 10.7 Å². The Hall–Kier alpha value is -1.02. The molecule has 1 aromatic carbocycles. The fourth-order valence-corrected chi connectivity index (χ4v) is 4.96. The maximum Gasteiger partial charge on any atom is 0.243 e. The lowest BCUT2D eigenvalue weighted by molar-refractivity contribution is 0.0269. The monoisotopic (exact) mass is 356 g/mol. The zero-order valence-electron chi connectivity index (χ0n) is 14.1. The van der Waals surface area contributed by atoms with Crippen LogP contribution in [0.4, 0.5) is 4.39 Å². The number of piperidine rings is 1.